The van der Waals surface area contributed by atoms with E-state index in [-0.39, 0.29) is 12.1 Å². The minimum absolute atomic E-state index is 0.00488. The van der Waals surface area contributed by atoms with Gasteiger partial charge in [-0.25, -0.2) is 0 Å². The van der Waals surface area contributed by atoms with Gasteiger partial charge in [0.25, 0.3) is 5.91 Å². The van der Waals surface area contributed by atoms with Gasteiger partial charge in [-0.15, -0.1) is 11.3 Å². The molecule has 116 valence electrons. The summed E-state index contributed by atoms with van der Waals surface area (Å²) >= 11 is 5.10. The molecule has 1 atom stereocenters. The van der Waals surface area contributed by atoms with Crippen LogP contribution in [-0.4, -0.2) is 10.8 Å². The first-order valence-electron chi connectivity index (χ1n) is 7.15. The Morgan fingerprint density at radius 2 is 2.13 bits per heavy atom. The summed E-state index contributed by atoms with van der Waals surface area (Å²) in [5.74, 6) is 0.769. The van der Waals surface area contributed by atoms with E-state index in [2.05, 4.69) is 21.2 Å². The van der Waals surface area contributed by atoms with E-state index in [1.54, 1.807) is 22.5 Å². The first-order chi connectivity index (χ1) is 11.2. The van der Waals surface area contributed by atoms with Crippen LogP contribution in [0.3, 0.4) is 0 Å². The molecule has 0 bridgehead atoms. The van der Waals surface area contributed by atoms with Crippen molar-refractivity contribution < 1.29 is 9.21 Å². The Morgan fingerprint density at radius 3 is 2.87 bits per heavy atom. The SMILES string of the molecule is O=C1c2ccccc2N[C@@H](c2cc(Br)cs2)N1Cc1ccco1. The smallest absolute Gasteiger partial charge is 0.258 e. The Kier molecular flexibility index (Phi) is 3.71. The van der Waals surface area contributed by atoms with E-state index < -0.39 is 0 Å². The summed E-state index contributed by atoms with van der Waals surface area (Å²) in [4.78, 5) is 15.9. The van der Waals surface area contributed by atoms with Crippen LogP contribution in [0.2, 0.25) is 0 Å². The summed E-state index contributed by atoms with van der Waals surface area (Å²) in [5, 5.41) is 5.49. The minimum Gasteiger partial charge on any atom is -0.467 e. The second-order valence-corrected chi connectivity index (χ2v) is 7.13. The highest BCUT2D eigenvalue weighted by Gasteiger charge is 2.34. The lowest BCUT2D eigenvalue weighted by Crippen LogP contribution is -2.42. The van der Waals surface area contributed by atoms with Crippen molar-refractivity contribution in [2.24, 2.45) is 0 Å². The third-order valence-corrected chi connectivity index (χ3v) is 5.53. The molecule has 0 spiro atoms. The number of nitrogens with zero attached hydrogens (tertiary/aromatic N) is 1. The van der Waals surface area contributed by atoms with Gasteiger partial charge in [0.1, 0.15) is 11.9 Å². The summed E-state index contributed by atoms with van der Waals surface area (Å²) in [5.41, 5.74) is 1.55. The zero-order chi connectivity index (χ0) is 15.8. The molecule has 4 nitrogen and oxygen atoms in total. The van der Waals surface area contributed by atoms with Gasteiger partial charge < -0.3 is 14.6 Å². The van der Waals surface area contributed by atoms with Crippen LogP contribution in [0.25, 0.3) is 0 Å². The van der Waals surface area contributed by atoms with Crippen LogP contribution in [0.1, 0.15) is 27.2 Å². The molecule has 1 aromatic carbocycles. The number of furan rings is 1. The Morgan fingerprint density at radius 1 is 1.26 bits per heavy atom. The summed E-state index contributed by atoms with van der Waals surface area (Å²) < 4.78 is 6.45. The fourth-order valence-electron chi connectivity index (χ4n) is 2.72. The van der Waals surface area contributed by atoms with Gasteiger partial charge >= 0.3 is 0 Å². The van der Waals surface area contributed by atoms with Gasteiger partial charge in [-0.1, -0.05) is 12.1 Å². The van der Waals surface area contributed by atoms with E-state index >= 15 is 0 Å². The lowest BCUT2D eigenvalue weighted by atomic mass is 10.1. The van der Waals surface area contributed by atoms with Gasteiger partial charge in [-0.2, -0.15) is 0 Å². The van der Waals surface area contributed by atoms with Crippen molar-refractivity contribution in [2.45, 2.75) is 12.7 Å². The van der Waals surface area contributed by atoms with Crippen molar-refractivity contribution in [3.8, 4) is 0 Å². The Balaban J connectivity index is 1.76. The van der Waals surface area contributed by atoms with Gasteiger partial charge in [0.15, 0.2) is 0 Å². The van der Waals surface area contributed by atoms with E-state index in [1.165, 1.54) is 0 Å². The molecule has 0 unspecified atom stereocenters. The van der Waals surface area contributed by atoms with E-state index in [0.29, 0.717) is 12.1 Å². The molecule has 0 saturated carbocycles. The standard InChI is InChI=1S/C17H13BrN2O2S/c18-11-8-15(23-10-11)16-19-14-6-2-1-5-13(14)17(21)20(16)9-12-4-3-7-22-12/h1-8,10,16,19H,9H2/t16-/m1/s1. The number of para-hydroxylation sites is 1. The van der Waals surface area contributed by atoms with E-state index in [1.807, 2.05) is 47.8 Å². The first-order valence-corrected chi connectivity index (χ1v) is 8.82. The number of thiophene rings is 1. The number of hydrogen-bond acceptors (Lipinski definition) is 4. The van der Waals surface area contributed by atoms with Crippen molar-refractivity contribution in [1.29, 1.82) is 0 Å². The monoisotopic (exact) mass is 388 g/mol. The fourth-order valence-corrected chi connectivity index (χ4v) is 4.23. The topological polar surface area (TPSA) is 45.5 Å². The highest BCUT2D eigenvalue weighted by atomic mass is 79.9. The van der Waals surface area contributed by atoms with Crippen LogP contribution < -0.4 is 5.32 Å². The third-order valence-electron chi connectivity index (χ3n) is 3.79. The van der Waals surface area contributed by atoms with Crippen LogP contribution in [-0.2, 0) is 6.54 Å². The van der Waals surface area contributed by atoms with Crippen LogP contribution in [0.5, 0.6) is 0 Å². The molecule has 1 aliphatic rings. The largest absolute Gasteiger partial charge is 0.467 e. The molecule has 1 N–H and O–H groups in total. The molecular formula is C17H13BrN2O2S. The molecule has 3 aromatic rings. The molecule has 2 aromatic heterocycles. The highest BCUT2D eigenvalue weighted by molar-refractivity contribution is 9.10. The number of nitrogens with one attached hydrogen (secondary N) is 1. The number of carbonyl (C=O) groups excluding carboxylic acids is 1. The Labute approximate surface area is 145 Å². The van der Waals surface area contributed by atoms with Crippen molar-refractivity contribution in [3.63, 3.8) is 0 Å². The molecule has 0 fully saturated rings. The predicted molar refractivity (Wildman–Crippen MR) is 93.4 cm³/mol. The molecule has 23 heavy (non-hydrogen) atoms. The molecule has 3 heterocycles. The minimum atomic E-state index is -0.209. The molecule has 6 heteroatoms. The van der Waals surface area contributed by atoms with Crippen molar-refractivity contribution >= 4 is 38.9 Å². The maximum atomic E-state index is 13.0. The Bertz CT molecular complexity index is 844. The average molecular weight is 389 g/mol. The summed E-state index contributed by atoms with van der Waals surface area (Å²) in [6.07, 6.45) is 1.42. The number of carbonyl (C=O) groups is 1. The maximum Gasteiger partial charge on any atom is 0.258 e. The molecule has 0 aliphatic carbocycles. The van der Waals surface area contributed by atoms with Gasteiger partial charge in [-0.3, -0.25) is 4.79 Å². The van der Waals surface area contributed by atoms with Gasteiger partial charge in [-0.05, 0) is 46.3 Å². The number of rotatable bonds is 3. The van der Waals surface area contributed by atoms with Crippen LogP contribution in [0.4, 0.5) is 5.69 Å². The maximum absolute atomic E-state index is 13.0. The predicted octanol–water partition coefficient (Wildman–Crippen LogP) is 4.87. The third kappa shape index (κ3) is 2.68. The fraction of sp³-hybridized carbons (Fsp3) is 0.118. The molecule has 0 radical (unpaired) electrons. The van der Waals surface area contributed by atoms with Crippen molar-refractivity contribution in [1.82, 2.24) is 4.90 Å². The Hall–Kier alpha value is -2.05. The average Bonchev–Trinajstić information content (AvgIpc) is 3.21. The second kappa shape index (κ2) is 5.86. The lowest BCUT2D eigenvalue weighted by molar-refractivity contribution is 0.0654. The number of benzene rings is 1. The molecule has 1 aliphatic heterocycles. The number of anilines is 1. The molecule has 0 saturated heterocycles. The zero-order valence-electron chi connectivity index (χ0n) is 12.0. The quantitative estimate of drug-likeness (QED) is 0.695. The van der Waals surface area contributed by atoms with Crippen LogP contribution in [0, 0.1) is 0 Å². The number of amides is 1. The van der Waals surface area contributed by atoms with Crippen molar-refractivity contribution in [3.05, 3.63) is 74.8 Å². The summed E-state index contributed by atoms with van der Waals surface area (Å²) in [6.45, 7) is 0.424. The second-order valence-electron chi connectivity index (χ2n) is 5.27. The highest BCUT2D eigenvalue weighted by Crippen LogP contribution is 2.37. The molecular weight excluding hydrogens is 376 g/mol. The van der Waals surface area contributed by atoms with E-state index in [0.717, 1.165) is 20.8 Å². The summed E-state index contributed by atoms with van der Waals surface area (Å²) in [7, 11) is 0. The number of fused-ring (bicyclic) bond motifs is 1. The molecule has 4 rings (SSSR count). The van der Waals surface area contributed by atoms with E-state index in [9.17, 15) is 4.79 Å². The van der Waals surface area contributed by atoms with Crippen LogP contribution in [0.15, 0.2) is 63.0 Å². The first kappa shape index (κ1) is 14.5. The number of halogens is 1. The molecule has 1 amide bonds. The summed E-state index contributed by atoms with van der Waals surface area (Å²) in [6, 6.07) is 13.4. The van der Waals surface area contributed by atoms with E-state index in [4.69, 9.17) is 4.42 Å². The lowest BCUT2D eigenvalue weighted by Gasteiger charge is -2.36. The van der Waals surface area contributed by atoms with Crippen LogP contribution >= 0.6 is 27.3 Å². The zero-order valence-corrected chi connectivity index (χ0v) is 14.4. The van der Waals surface area contributed by atoms with Gasteiger partial charge in [0.2, 0.25) is 0 Å². The van der Waals surface area contributed by atoms with Gasteiger partial charge in [0.05, 0.1) is 18.4 Å². The van der Waals surface area contributed by atoms with Gasteiger partial charge in [0, 0.05) is 20.4 Å². The van der Waals surface area contributed by atoms with Crippen molar-refractivity contribution in [2.75, 3.05) is 5.32 Å². The normalized spacial score (nSPS) is 17.0. The number of hydrogen-bond donors (Lipinski definition) is 1.